The second kappa shape index (κ2) is 5.30. The van der Waals surface area contributed by atoms with Gasteiger partial charge in [0.1, 0.15) is 0 Å². The van der Waals surface area contributed by atoms with Crippen LogP contribution in [0.2, 0.25) is 0 Å². The number of amides is 1. The smallest absolute Gasteiger partial charge is 0.237 e. The first kappa shape index (κ1) is 14.3. The molecule has 0 atom stereocenters. The van der Waals surface area contributed by atoms with Crippen LogP contribution in [-0.4, -0.2) is 12.5 Å². The summed E-state index contributed by atoms with van der Waals surface area (Å²) in [6.07, 6.45) is 0.870. The van der Waals surface area contributed by atoms with Gasteiger partial charge < -0.3 is 4.90 Å². The van der Waals surface area contributed by atoms with E-state index in [0.717, 1.165) is 28.7 Å². The molecule has 21 heavy (non-hydrogen) atoms. The van der Waals surface area contributed by atoms with Crippen LogP contribution in [0, 0.1) is 0 Å². The lowest BCUT2D eigenvalue weighted by atomic mass is 9.86. The lowest BCUT2D eigenvalue weighted by molar-refractivity contribution is -0.122. The molecule has 3 rings (SSSR count). The van der Waals surface area contributed by atoms with Gasteiger partial charge in [-0.25, -0.2) is 0 Å². The molecule has 0 radical (unpaired) electrons. The molecule has 0 bridgehead atoms. The van der Waals surface area contributed by atoms with Crippen molar-refractivity contribution in [1.82, 2.24) is 0 Å². The lowest BCUT2D eigenvalue weighted by Gasteiger charge is -2.20. The van der Waals surface area contributed by atoms with Crippen LogP contribution in [0.5, 0.6) is 0 Å². The van der Waals surface area contributed by atoms with Crippen molar-refractivity contribution in [3.63, 3.8) is 0 Å². The van der Waals surface area contributed by atoms with Crippen molar-refractivity contribution >= 4 is 27.5 Å². The van der Waals surface area contributed by atoms with Crippen molar-refractivity contribution in [1.29, 1.82) is 0 Å². The van der Waals surface area contributed by atoms with Crippen LogP contribution in [0.15, 0.2) is 53.0 Å². The Kier molecular flexibility index (Phi) is 3.62. The second-order valence-electron chi connectivity index (χ2n) is 5.98. The molecule has 3 heteroatoms. The van der Waals surface area contributed by atoms with Crippen LogP contribution < -0.4 is 4.90 Å². The highest BCUT2D eigenvalue weighted by Crippen LogP contribution is 2.42. The van der Waals surface area contributed by atoms with E-state index in [0.29, 0.717) is 0 Å². The Hall–Kier alpha value is -1.61. The zero-order valence-electron chi connectivity index (χ0n) is 12.3. The molecule has 2 aromatic carbocycles. The van der Waals surface area contributed by atoms with E-state index < -0.39 is 5.41 Å². The fraction of sp³-hybridized carbons (Fsp3) is 0.278. The van der Waals surface area contributed by atoms with Gasteiger partial charge in [-0.2, -0.15) is 0 Å². The predicted molar refractivity (Wildman–Crippen MR) is 89.7 cm³/mol. The van der Waals surface area contributed by atoms with Crippen LogP contribution in [0.1, 0.15) is 25.0 Å². The van der Waals surface area contributed by atoms with Crippen molar-refractivity contribution in [3.8, 4) is 0 Å². The molecule has 1 amide bonds. The quantitative estimate of drug-likeness (QED) is 0.812. The molecular weight excluding hydrogens is 326 g/mol. The summed E-state index contributed by atoms with van der Waals surface area (Å²) in [7, 11) is 0. The van der Waals surface area contributed by atoms with Gasteiger partial charge in [-0.3, -0.25) is 4.79 Å². The molecule has 2 aromatic rings. The van der Waals surface area contributed by atoms with Gasteiger partial charge in [0.25, 0.3) is 0 Å². The molecular formula is C18H18BrNO. The first-order valence-electron chi connectivity index (χ1n) is 7.16. The van der Waals surface area contributed by atoms with Crippen molar-refractivity contribution in [2.45, 2.75) is 25.7 Å². The summed E-state index contributed by atoms with van der Waals surface area (Å²) < 4.78 is 1.01. The maximum absolute atomic E-state index is 12.7. The zero-order chi connectivity index (χ0) is 15.0. The van der Waals surface area contributed by atoms with Crippen molar-refractivity contribution < 1.29 is 4.79 Å². The number of anilines is 1. The molecule has 0 fully saturated rings. The van der Waals surface area contributed by atoms with E-state index in [1.807, 2.05) is 49.1 Å². The molecule has 0 saturated carbocycles. The first-order chi connectivity index (χ1) is 10.00. The Labute approximate surface area is 133 Å². The van der Waals surface area contributed by atoms with Gasteiger partial charge in [0, 0.05) is 16.7 Å². The first-order valence-corrected chi connectivity index (χ1v) is 7.95. The van der Waals surface area contributed by atoms with Gasteiger partial charge in [0.05, 0.1) is 5.41 Å². The van der Waals surface area contributed by atoms with Crippen LogP contribution in [-0.2, 0) is 16.6 Å². The molecule has 1 heterocycles. The minimum Gasteiger partial charge on any atom is -0.311 e. The number of nitrogens with zero attached hydrogens (tertiary/aromatic N) is 1. The fourth-order valence-corrected chi connectivity index (χ4v) is 3.28. The minimum absolute atomic E-state index is 0.187. The van der Waals surface area contributed by atoms with Crippen LogP contribution >= 0.6 is 15.9 Å². The largest absolute Gasteiger partial charge is 0.311 e. The fourth-order valence-electron chi connectivity index (χ4n) is 2.93. The molecule has 2 nitrogen and oxygen atoms in total. The van der Waals surface area contributed by atoms with E-state index in [-0.39, 0.29) is 5.91 Å². The van der Waals surface area contributed by atoms with E-state index in [1.165, 1.54) is 5.56 Å². The molecule has 0 aliphatic carbocycles. The minimum atomic E-state index is -0.438. The van der Waals surface area contributed by atoms with E-state index >= 15 is 0 Å². The Bertz CT molecular complexity index is 679. The third-order valence-electron chi connectivity index (χ3n) is 4.17. The number of halogens is 1. The van der Waals surface area contributed by atoms with Gasteiger partial charge in [-0.15, -0.1) is 0 Å². The summed E-state index contributed by atoms with van der Waals surface area (Å²) in [6, 6.07) is 16.4. The van der Waals surface area contributed by atoms with Crippen molar-refractivity contribution in [2.75, 3.05) is 11.4 Å². The monoisotopic (exact) mass is 343 g/mol. The number of hydrogen-bond acceptors (Lipinski definition) is 1. The normalized spacial score (nSPS) is 16.1. The molecule has 1 aliphatic heterocycles. The number of rotatable bonds is 3. The standard InChI is InChI=1S/C18H18BrNO/c1-18(2)15-9-8-14(19)12-16(15)20(17(18)21)11-10-13-6-4-3-5-7-13/h3-9,12H,10-11H2,1-2H3. The number of fused-ring (bicyclic) bond motifs is 1. The van der Waals surface area contributed by atoms with Crippen LogP contribution in [0.3, 0.4) is 0 Å². The summed E-state index contributed by atoms with van der Waals surface area (Å²) in [5.74, 6) is 0.187. The number of carbonyl (C=O) groups is 1. The van der Waals surface area contributed by atoms with Crippen LogP contribution in [0.25, 0.3) is 0 Å². The Morgan fingerprint density at radius 1 is 1.10 bits per heavy atom. The van der Waals surface area contributed by atoms with E-state index in [1.54, 1.807) is 0 Å². The maximum atomic E-state index is 12.7. The molecule has 1 aliphatic rings. The molecule has 0 saturated heterocycles. The van der Waals surface area contributed by atoms with Crippen molar-refractivity contribution in [3.05, 3.63) is 64.1 Å². The highest BCUT2D eigenvalue weighted by atomic mass is 79.9. The summed E-state index contributed by atoms with van der Waals surface area (Å²) >= 11 is 3.51. The lowest BCUT2D eigenvalue weighted by Crippen LogP contribution is -2.37. The topological polar surface area (TPSA) is 20.3 Å². The average molecular weight is 344 g/mol. The summed E-state index contributed by atoms with van der Waals surface area (Å²) in [5, 5.41) is 0. The second-order valence-corrected chi connectivity index (χ2v) is 6.89. The van der Waals surface area contributed by atoms with Gasteiger partial charge in [-0.1, -0.05) is 52.3 Å². The summed E-state index contributed by atoms with van der Waals surface area (Å²) in [5.41, 5.74) is 2.97. The number of carbonyl (C=O) groups excluding carboxylic acids is 1. The molecule has 108 valence electrons. The Morgan fingerprint density at radius 2 is 1.81 bits per heavy atom. The summed E-state index contributed by atoms with van der Waals surface area (Å²) in [6.45, 7) is 4.73. The molecule has 0 N–H and O–H groups in total. The highest BCUT2D eigenvalue weighted by Gasteiger charge is 2.43. The van der Waals surface area contributed by atoms with Gasteiger partial charge in [0.2, 0.25) is 5.91 Å². The van der Waals surface area contributed by atoms with E-state index in [9.17, 15) is 4.79 Å². The molecule has 0 spiro atoms. The predicted octanol–water partition coefficient (Wildman–Crippen LogP) is 4.32. The maximum Gasteiger partial charge on any atom is 0.237 e. The SMILES string of the molecule is CC1(C)C(=O)N(CCc2ccccc2)c2cc(Br)ccc21. The van der Waals surface area contributed by atoms with E-state index in [4.69, 9.17) is 0 Å². The summed E-state index contributed by atoms with van der Waals surface area (Å²) in [4.78, 5) is 14.7. The van der Waals surface area contributed by atoms with Gasteiger partial charge in [0.15, 0.2) is 0 Å². The number of benzene rings is 2. The van der Waals surface area contributed by atoms with Gasteiger partial charge >= 0.3 is 0 Å². The average Bonchev–Trinajstić information content (AvgIpc) is 2.65. The number of hydrogen-bond donors (Lipinski definition) is 0. The van der Waals surface area contributed by atoms with Crippen LogP contribution in [0.4, 0.5) is 5.69 Å². The Morgan fingerprint density at radius 3 is 2.52 bits per heavy atom. The molecule has 0 unspecified atom stereocenters. The molecule has 0 aromatic heterocycles. The Balaban J connectivity index is 1.89. The third-order valence-corrected chi connectivity index (χ3v) is 4.66. The third kappa shape index (κ3) is 2.51. The van der Waals surface area contributed by atoms with Gasteiger partial charge in [-0.05, 0) is 43.5 Å². The highest BCUT2D eigenvalue weighted by molar-refractivity contribution is 9.10. The zero-order valence-corrected chi connectivity index (χ0v) is 13.9. The van der Waals surface area contributed by atoms with Crippen molar-refractivity contribution in [2.24, 2.45) is 0 Å². The van der Waals surface area contributed by atoms with E-state index in [2.05, 4.69) is 34.1 Å².